The fourth-order valence-corrected chi connectivity index (χ4v) is 3.62. The Labute approximate surface area is 146 Å². The van der Waals surface area contributed by atoms with Crippen LogP contribution in [0.25, 0.3) is 0 Å². The Kier molecular flexibility index (Phi) is 5.39. The van der Waals surface area contributed by atoms with Crippen LogP contribution in [0.15, 0.2) is 48.5 Å². The quantitative estimate of drug-likeness (QED) is 0.573. The largest absolute Gasteiger partial charge is 0.508 e. The maximum Gasteiger partial charge on any atom is 0.115 e. The summed E-state index contributed by atoms with van der Waals surface area (Å²) in [5, 5.41) is 49.2. The molecule has 3 rings (SSSR count). The van der Waals surface area contributed by atoms with Crippen molar-refractivity contribution in [2.24, 2.45) is 5.92 Å². The molecule has 0 aromatic heterocycles. The molecule has 0 aliphatic heterocycles. The first kappa shape index (κ1) is 17.9. The Morgan fingerprint density at radius 2 is 1.56 bits per heavy atom. The van der Waals surface area contributed by atoms with Gasteiger partial charge in [0.15, 0.2) is 0 Å². The zero-order chi connectivity index (χ0) is 18.0. The van der Waals surface area contributed by atoms with Gasteiger partial charge in [0.05, 0.1) is 12.2 Å². The van der Waals surface area contributed by atoms with Crippen molar-refractivity contribution in [2.75, 3.05) is 6.61 Å². The highest BCUT2D eigenvalue weighted by atomic mass is 16.4. The van der Waals surface area contributed by atoms with Crippen LogP contribution >= 0.6 is 0 Å². The molecule has 5 nitrogen and oxygen atoms in total. The van der Waals surface area contributed by atoms with Gasteiger partial charge in [-0.15, -0.1) is 0 Å². The minimum Gasteiger partial charge on any atom is -0.508 e. The molecule has 5 N–H and O–H groups in total. The summed E-state index contributed by atoms with van der Waals surface area (Å²) < 4.78 is 0. The van der Waals surface area contributed by atoms with E-state index in [2.05, 4.69) is 0 Å². The molecular formula is C20H24O5. The summed E-state index contributed by atoms with van der Waals surface area (Å²) in [6, 6.07) is 14.8. The molecular weight excluding hydrogens is 320 g/mol. The zero-order valence-electron chi connectivity index (χ0n) is 13.9. The predicted molar refractivity (Wildman–Crippen MR) is 93.3 cm³/mol. The van der Waals surface area contributed by atoms with Gasteiger partial charge in [0.1, 0.15) is 11.9 Å². The molecule has 1 saturated carbocycles. The van der Waals surface area contributed by atoms with Crippen molar-refractivity contribution in [2.45, 2.75) is 37.1 Å². The van der Waals surface area contributed by atoms with Crippen LogP contribution in [0.3, 0.4) is 0 Å². The van der Waals surface area contributed by atoms with Gasteiger partial charge in [-0.25, -0.2) is 0 Å². The molecule has 0 saturated heterocycles. The average molecular weight is 344 g/mol. The van der Waals surface area contributed by atoms with E-state index < -0.39 is 24.2 Å². The first-order valence-corrected chi connectivity index (χ1v) is 8.51. The second-order valence-corrected chi connectivity index (χ2v) is 6.84. The van der Waals surface area contributed by atoms with Crippen molar-refractivity contribution >= 4 is 0 Å². The maximum absolute atomic E-state index is 10.4. The third-order valence-corrected chi connectivity index (χ3v) is 5.11. The van der Waals surface area contributed by atoms with E-state index in [4.69, 9.17) is 0 Å². The van der Waals surface area contributed by atoms with Crippen LogP contribution < -0.4 is 0 Å². The molecule has 0 amide bonds. The summed E-state index contributed by atoms with van der Waals surface area (Å²) in [7, 11) is 0. The second kappa shape index (κ2) is 7.54. The predicted octanol–water partition coefficient (Wildman–Crippen LogP) is 1.16. The Bertz CT molecular complexity index is 697. The summed E-state index contributed by atoms with van der Waals surface area (Å²) in [4.78, 5) is 0. The summed E-state index contributed by atoms with van der Waals surface area (Å²) >= 11 is 0. The Hall–Kier alpha value is -1.92. The fourth-order valence-electron chi connectivity index (χ4n) is 3.62. The van der Waals surface area contributed by atoms with Gasteiger partial charge in [0.2, 0.25) is 0 Å². The lowest BCUT2D eigenvalue weighted by Gasteiger charge is -2.40. The second-order valence-electron chi connectivity index (χ2n) is 6.84. The molecule has 0 spiro atoms. The van der Waals surface area contributed by atoms with Gasteiger partial charge in [-0.05, 0) is 41.7 Å². The number of benzene rings is 2. The molecule has 1 aliphatic rings. The first-order valence-electron chi connectivity index (χ1n) is 8.51. The normalized spacial score (nSPS) is 29.5. The summed E-state index contributed by atoms with van der Waals surface area (Å²) in [6.07, 6.45) is -2.35. The molecule has 25 heavy (non-hydrogen) atoms. The minimum absolute atomic E-state index is 0.227. The number of aromatic hydroxyl groups is 1. The van der Waals surface area contributed by atoms with Gasteiger partial charge in [0, 0.05) is 18.4 Å². The van der Waals surface area contributed by atoms with Gasteiger partial charge in [-0.2, -0.15) is 0 Å². The topological polar surface area (TPSA) is 101 Å². The first-order chi connectivity index (χ1) is 12.0. The van der Waals surface area contributed by atoms with Gasteiger partial charge in [-0.3, -0.25) is 0 Å². The lowest BCUT2D eigenvalue weighted by Crippen LogP contribution is -2.51. The van der Waals surface area contributed by atoms with Crippen molar-refractivity contribution in [1.82, 2.24) is 0 Å². The number of phenols is 1. The van der Waals surface area contributed by atoms with Crippen molar-refractivity contribution in [1.29, 1.82) is 0 Å². The zero-order valence-corrected chi connectivity index (χ0v) is 13.9. The summed E-state index contributed by atoms with van der Waals surface area (Å²) in [5.74, 6) is -0.565. The molecule has 134 valence electrons. The summed E-state index contributed by atoms with van der Waals surface area (Å²) in [6.45, 7) is -0.228. The van der Waals surface area contributed by atoms with E-state index in [-0.39, 0.29) is 18.3 Å². The SMILES string of the molecule is OC[C@H]1C[C@@H](c2cccc(Cc3ccc(O)cc3)c2)[C@H](O)[C@@H](O)[C@@H]1O. The fraction of sp³-hybridized carbons (Fsp3) is 0.400. The Morgan fingerprint density at radius 1 is 0.840 bits per heavy atom. The van der Waals surface area contributed by atoms with E-state index in [1.165, 1.54) is 0 Å². The van der Waals surface area contributed by atoms with Crippen molar-refractivity contribution in [3.05, 3.63) is 65.2 Å². The molecule has 5 heteroatoms. The standard InChI is InChI=1S/C20H24O5/c21-11-15-10-17(19(24)20(25)18(15)23)14-3-1-2-13(9-14)8-12-4-6-16(22)7-5-12/h1-7,9,15,17-25H,8,10-11H2/t15-,17+,18-,19+,20+/m1/s1. The maximum atomic E-state index is 10.4. The minimum atomic E-state index is -1.27. The van der Waals surface area contributed by atoms with Crippen molar-refractivity contribution < 1.29 is 25.5 Å². The molecule has 2 aromatic rings. The highest BCUT2D eigenvalue weighted by Crippen LogP contribution is 2.37. The third kappa shape index (κ3) is 3.85. The molecule has 1 fully saturated rings. The van der Waals surface area contributed by atoms with Gasteiger partial charge in [0.25, 0.3) is 0 Å². The number of aliphatic hydroxyl groups excluding tert-OH is 4. The molecule has 1 aliphatic carbocycles. The lowest BCUT2D eigenvalue weighted by molar-refractivity contribution is -0.127. The molecule has 0 unspecified atom stereocenters. The van der Waals surface area contributed by atoms with Crippen LogP contribution in [0.4, 0.5) is 0 Å². The highest BCUT2D eigenvalue weighted by molar-refractivity contribution is 5.34. The molecule has 5 atom stereocenters. The monoisotopic (exact) mass is 344 g/mol. The van der Waals surface area contributed by atoms with Crippen LogP contribution in [0.1, 0.15) is 29.0 Å². The van der Waals surface area contributed by atoms with Crippen LogP contribution in [0.2, 0.25) is 0 Å². The van der Waals surface area contributed by atoms with E-state index in [9.17, 15) is 25.5 Å². The average Bonchev–Trinajstić information content (AvgIpc) is 2.62. The molecule has 0 heterocycles. The molecule has 2 aromatic carbocycles. The van der Waals surface area contributed by atoms with E-state index in [1.807, 2.05) is 36.4 Å². The smallest absolute Gasteiger partial charge is 0.115 e. The summed E-state index contributed by atoms with van der Waals surface area (Å²) in [5.41, 5.74) is 2.99. The van der Waals surface area contributed by atoms with Crippen LogP contribution in [0, 0.1) is 5.92 Å². The van der Waals surface area contributed by atoms with E-state index in [1.54, 1.807) is 12.1 Å². The van der Waals surface area contributed by atoms with Crippen LogP contribution in [-0.4, -0.2) is 50.5 Å². The number of hydrogen-bond acceptors (Lipinski definition) is 5. The van der Waals surface area contributed by atoms with E-state index in [0.29, 0.717) is 12.8 Å². The lowest BCUT2D eigenvalue weighted by atomic mass is 9.73. The van der Waals surface area contributed by atoms with Gasteiger partial charge < -0.3 is 25.5 Å². The highest BCUT2D eigenvalue weighted by Gasteiger charge is 2.42. The van der Waals surface area contributed by atoms with Gasteiger partial charge >= 0.3 is 0 Å². The number of hydrogen-bond donors (Lipinski definition) is 5. The van der Waals surface area contributed by atoms with Gasteiger partial charge in [-0.1, -0.05) is 36.4 Å². The van der Waals surface area contributed by atoms with Crippen molar-refractivity contribution in [3.8, 4) is 5.75 Å². The Balaban J connectivity index is 1.81. The van der Waals surface area contributed by atoms with Crippen molar-refractivity contribution in [3.63, 3.8) is 0 Å². The Morgan fingerprint density at radius 3 is 2.24 bits per heavy atom. The molecule has 0 bridgehead atoms. The van der Waals surface area contributed by atoms with Crippen LogP contribution in [0.5, 0.6) is 5.75 Å². The van der Waals surface area contributed by atoms with Crippen LogP contribution in [-0.2, 0) is 6.42 Å². The number of phenolic OH excluding ortho intramolecular Hbond substituents is 1. The van der Waals surface area contributed by atoms with E-state index >= 15 is 0 Å². The third-order valence-electron chi connectivity index (χ3n) is 5.11. The number of rotatable bonds is 4. The molecule has 0 radical (unpaired) electrons. The van der Waals surface area contributed by atoms with E-state index in [0.717, 1.165) is 16.7 Å². The number of aliphatic hydroxyl groups is 4.